The molecule has 0 amide bonds. The zero-order valence-electron chi connectivity index (χ0n) is 12.5. The highest BCUT2D eigenvalue weighted by molar-refractivity contribution is 7.89. The van der Waals surface area contributed by atoms with E-state index in [2.05, 4.69) is 4.98 Å². The molecule has 0 spiro atoms. The van der Waals surface area contributed by atoms with Gasteiger partial charge in [-0.2, -0.15) is 9.57 Å². The predicted octanol–water partition coefficient (Wildman–Crippen LogP) is 2.86. The summed E-state index contributed by atoms with van der Waals surface area (Å²) in [6.45, 7) is 0.228. The monoisotopic (exact) mass is 325 g/mol. The molecule has 0 unspecified atom stereocenters. The molecule has 3 rings (SSSR count). The zero-order valence-corrected chi connectivity index (χ0v) is 13.3. The number of para-hydroxylation sites is 1. The van der Waals surface area contributed by atoms with Crippen LogP contribution in [0.4, 0.5) is 0 Å². The van der Waals surface area contributed by atoms with E-state index in [1.165, 1.54) is 23.5 Å². The summed E-state index contributed by atoms with van der Waals surface area (Å²) in [7, 11) is -2.21. The second kappa shape index (κ2) is 5.88. The summed E-state index contributed by atoms with van der Waals surface area (Å²) < 4.78 is 26.7. The van der Waals surface area contributed by atoms with Gasteiger partial charge in [-0.3, -0.25) is 0 Å². The Bertz CT molecular complexity index is 1000. The second-order valence-corrected chi connectivity index (χ2v) is 7.24. The van der Waals surface area contributed by atoms with Gasteiger partial charge < -0.3 is 4.98 Å². The fraction of sp³-hybridized carbons (Fsp3) is 0.118. The number of fused-ring (bicyclic) bond motifs is 1. The topological polar surface area (TPSA) is 77.0 Å². The molecule has 0 aliphatic rings. The number of aromatic amines is 1. The van der Waals surface area contributed by atoms with Crippen LogP contribution >= 0.6 is 0 Å². The van der Waals surface area contributed by atoms with Crippen molar-refractivity contribution < 1.29 is 8.42 Å². The quantitative estimate of drug-likeness (QED) is 0.801. The van der Waals surface area contributed by atoms with Crippen LogP contribution in [0.1, 0.15) is 11.1 Å². The first-order valence-electron chi connectivity index (χ1n) is 7.04. The summed E-state index contributed by atoms with van der Waals surface area (Å²) in [6, 6.07) is 15.9. The normalized spacial score (nSPS) is 11.7. The maximum Gasteiger partial charge on any atom is 0.244 e. The molecule has 1 heterocycles. The van der Waals surface area contributed by atoms with Gasteiger partial charge in [0.25, 0.3) is 0 Å². The molecule has 0 aliphatic heterocycles. The van der Waals surface area contributed by atoms with Crippen molar-refractivity contribution >= 4 is 20.9 Å². The highest BCUT2D eigenvalue weighted by Crippen LogP contribution is 2.23. The average molecular weight is 325 g/mol. The molecular weight excluding hydrogens is 310 g/mol. The number of hydrogen-bond acceptors (Lipinski definition) is 3. The number of H-pyrrole nitrogens is 1. The minimum absolute atomic E-state index is 0.0323. The first-order chi connectivity index (χ1) is 11.0. The highest BCUT2D eigenvalue weighted by atomic mass is 32.2. The number of hydrogen-bond donors (Lipinski definition) is 1. The molecule has 0 atom stereocenters. The number of nitrogens with one attached hydrogen (secondary N) is 1. The number of nitrogens with zero attached hydrogens (tertiary/aromatic N) is 2. The third-order valence-corrected chi connectivity index (χ3v) is 5.63. The summed E-state index contributed by atoms with van der Waals surface area (Å²) in [5.74, 6) is 0. The molecule has 0 bridgehead atoms. The molecule has 1 aromatic heterocycles. The van der Waals surface area contributed by atoms with E-state index >= 15 is 0 Å². The maximum absolute atomic E-state index is 12.7. The molecule has 116 valence electrons. The number of benzene rings is 2. The number of sulfonamides is 1. The largest absolute Gasteiger partial charge is 0.361 e. The molecule has 0 fully saturated rings. The van der Waals surface area contributed by atoms with Crippen molar-refractivity contribution in [3.63, 3.8) is 0 Å². The number of aromatic nitrogens is 1. The first kappa shape index (κ1) is 15.3. The van der Waals surface area contributed by atoms with Crippen molar-refractivity contribution in [1.29, 1.82) is 5.26 Å². The molecule has 1 N–H and O–H groups in total. The minimum atomic E-state index is -3.73. The molecular formula is C17H15N3O2S. The third kappa shape index (κ3) is 2.72. The number of rotatable bonds is 4. The van der Waals surface area contributed by atoms with E-state index in [9.17, 15) is 8.42 Å². The first-order valence-corrected chi connectivity index (χ1v) is 8.48. The summed E-state index contributed by atoms with van der Waals surface area (Å²) in [5.41, 5.74) is 2.00. The van der Waals surface area contributed by atoms with Gasteiger partial charge >= 0.3 is 0 Å². The Morgan fingerprint density at radius 1 is 1.13 bits per heavy atom. The van der Waals surface area contributed by atoms with Gasteiger partial charge in [0.1, 0.15) is 6.07 Å². The van der Waals surface area contributed by atoms with E-state index in [4.69, 9.17) is 5.26 Å². The minimum Gasteiger partial charge on any atom is -0.361 e. The van der Waals surface area contributed by atoms with Crippen molar-refractivity contribution in [2.45, 2.75) is 11.4 Å². The van der Waals surface area contributed by atoms with Crippen molar-refractivity contribution in [3.05, 3.63) is 65.9 Å². The van der Waals surface area contributed by atoms with Crippen LogP contribution in [0.25, 0.3) is 10.9 Å². The van der Waals surface area contributed by atoms with Gasteiger partial charge in [-0.25, -0.2) is 8.42 Å². The van der Waals surface area contributed by atoms with E-state index in [-0.39, 0.29) is 17.0 Å². The fourth-order valence-corrected chi connectivity index (χ4v) is 3.83. The van der Waals surface area contributed by atoms with E-state index in [0.29, 0.717) is 0 Å². The molecule has 2 aromatic carbocycles. The standard InChI is InChI=1S/C17H15N3O2S/c1-20(12-14-11-19-16-8-4-3-7-15(14)16)23(21,22)17-9-5-2-6-13(17)10-18/h2-9,11,19H,12H2,1H3. The molecule has 3 aromatic rings. The maximum atomic E-state index is 12.7. The Morgan fingerprint density at radius 3 is 2.61 bits per heavy atom. The van der Waals surface area contributed by atoms with Crippen LogP contribution in [0.15, 0.2) is 59.6 Å². The summed E-state index contributed by atoms with van der Waals surface area (Å²) in [5, 5.41) is 10.1. The van der Waals surface area contributed by atoms with Crippen molar-refractivity contribution in [2.75, 3.05) is 7.05 Å². The fourth-order valence-electron chi connectivity index (χ4n) is 2.54. The van der Waals surface area contributed by atoms with Crippen molar-refractivity contribution in [2.24, 2.45) is 0 Å². The van der Waals surface area contributed by atoms with Gasteiger partial charge in [-0.1, -0.05) is 30.3 Å². The SMILES string of the molecule is CN(Cc1c[nH]c2ccccc12)S(=O)(=O)c1ccccc1C#N. The van der Waals surface area contributed by atoms with Crippen LogP contribution in [-0.4, -0.2) is 24.8 Å². The summed E-state index contributed by atoms with van der Waals surface area (Å²) >= 11 is 0. The van der Waals surface area contributed by atoms with E-state index in [1.54, 1.807) is 12.1 Å². The molecule has 23 heavy (non-hydrogen) atoms. The molecule has 0 saturated carbocycles. The average Bonchev–Trinajstić information content (AvgIpc) is 2.98. The third-order valence-electron chi connectivity index (χ3n) is 3.76. The van der Waals surface area contributed by atoms with Crippen LogP contribution in [0, 0.1) is 11.3 Å². The zero-order chi connectivity index (χ0) is 16.4. The Morgan fingerprint density at radius 2 is 1.83 bits per heavy atom. The van der Waals surface area contributed by atoms with Crippen molar-refractivity contribution in [1.82, 2.24) is 9.29 Å². The molecule has 5 nitrogen and oxygen atoms in total. The van der Waals surface area contributed by atoms with Crippen LogP contribution in [0.5, 0.6) is 0 Å². The Hall–Kier alpha value is -2.62. The summed E-state index contributed by atoms with van der Waals surface area (Å²) in [4.78, 5) is 3.17. The van der Waals surface area contributed by atoms with Gasteiger partial charge in [0.15, 0.2) is 0 Å². The van der Waals surface area contributed by atoms with Crippen LogP contribution in [0.3, 0.4) is 0 Å². The van der Waals surface area contributed by atoms with Gasteiger partial charge in [0.05, 0.1) is 10.5 Å². The van der Waals surface area contributed by atoms with Crippen LogP contribution < -0.4 is 0 Å². The Kier molecular flexibility index (Phi) is 3.90. The predicted molar refractivity (Wildman–Crippen MR) is 88.1 cm³/mol. The Labute approximate surface area is 134 Å². The lowest BCUT2D eigenvalue weighted by Crippen LogP contribution is -2.27. The van der Waals surface area contributed by atoms with Gasteiger partial charge in [-0.15, -0.1) is 0 Å². The second-order valence-electron chi connectivity index (χ2n) is 5.23. The molecule has 0 saturated heterocycles. The van der Waals surface area contributed by atoms with Gasteiger partial charge in [-0.05, 0) is 23.8 Å². The molecule has 0 aliphatic carbocycles. The van der Waals surface area contributed by atoms with E-state index < -0.39 is 10.0 Å². The van der Waals surface area contributed by atoms with E-state index in [0.717, 1.165) is 16.5 Å². The smallest absolute Gasteiger partial charge is 0.244 e. The van der Waals surface area contributed by atoms with Gasteiger partial charge in [0, 0.05) is 30.7 Å². The lowest BCUT2D eigenvalue weighted by Gasteiger charge is -2.17. The Balaban J connectivity index is 1.96. The highest BCUT2D eigenvalue weighted by Gasteiger charge is 2.24. The molecule has 6 heteroatoms. The number of nitriles is 1. The van der Waals surface area contributed by atoms with Crippen molar-refractivity contribution in [3.8, 4) is 6.07 Å². The molecule has 0 radical (unpaired) electrons. The lowest BCUT2D eigenvalue weighted by atomic mass is 10.2. The van der Waals surface area contributed by atoms with Crippen LogP contribution in [-0.2, 0) is 16.6 Å². The van der Waals surface area contributed by atoms with Gasteiger partial charge in [0.2, 0.25) is 10.0 Å². The lowest BCUT2D eigenvalue weighted by molar-refractivity contribution is 0.468. The van der Waals surface area contributed by atoms with Crippen LogP contribution in [0.2, 0.25) is 0 Å². The van der Waals surface area contributed by atoms with E-state index in [1.807, 2.05) is 36.5 Å². The summed E-state index contributed by atoms with van der Waals surface area (Å²) in [6.07, 6.45) is 1.81.